The maximum atomic E-state index is 7.77. The quantitative estimate of drug-likeness (QED) is 0.240. The normalized spacial score (nSPS) is 16.3. The van der Waals surface area contributed by atoms with Gasteiger partial charge in [-0.3, -0.25) is 5.41 Å². The number of aryl methyl sites for hydroxylation is 1. The second-order valence-corrected chi connectivity index (χ2v) is 8.97. The summed E-state index contributed by atoms with van der Waals surface area (Å²) < 4.78 is 7.94. The van der Waals surface area contributed by atoms with Crippen LogP contribution >= 0.6 is 0 Å². The third-order valence-electron chi connectivity index (χ3n) is 6.60. The summed E-state index contributed by atoms with van der Waals surface area (Å²) in [5, 5.41) is 13.2. The first-order valence-electron chi connectivity index (χ1n) is 12.2. The molecule has 0 amide bonds. The maximum Gasteiger partial charge on any atom is 0.229 e. The molecular weight excluding hydrogens is 400 g/mol. The summed E-state index contributed by atoms with van der Waals surface area (Å²) in [6.07, 6.45) is 14.0. The van der Waals surface area contributed by atoms with Gasteiger partial charge in [-0.2, -0.15) is 4.98 Å². The minimum atomic E-state index is 0.126. The van der Waals surface area contributed by atoms with E-state index in [-0.39, 0.29) is 12.0 Å². The fraction of sp³-hybridized carbons (Fsp3) is 0.560. The molecule has 2 aromatic heterocycles. The molecular formula is C25H36N6O. The average molecular weight is 437 g/mol. The highest BCUT2D eigenvalue weighted by atomic mass is 16.5. The van der Waals surface area contributed by atoms with Crippen molar-refractivity contribution < 1.29 is 4.52 Å². The first-order valence-corrected chi connectivity index (χ1v) is 12.2. The molecule has 1 aromatic carbocycles. The Morgan fingerprint density at radius 2 is 1.94 bits per heavy atom. The molecule has 4 rings (SSSR count). The van der Waals surface area contributed by atoms with Gasteiger partial charge in [0.25, 0.3) is 0 Å². The number of rotatable bonds is 11. The molecule has 0 unspecified atom stereocenters. The molecule has 1 atom stereocenters. The second kappa shape index (κ2) is 10.7. The number of likely N-dealkylation sites (tertiary alicyclic amines) is 1. The standard InChI is InChI=1S/C25H36N6O/c1-2-3-4-5-6-7-10-15-30-18-21(20-13-8-9-14-22(20)30)24-28-23(32-29-24)17-19-12-11-16-31(19)25(26)27/h8-9,13-14,18-19H,2-7,10-12,15-17H2,1H3,(H3,26,27)/t19-/m0/s1. The van der Waals surface area contributed by atoms with Gasteiger partial charge in [0.2, 0.25) is 11.7 Å². The summed E-state index contributed by atoms with van der Waals surface area (Å²) in [7, 11) is 0. The highest BCUT2D eigenvalue weighted by Crippen LogP contribution is 2.30. The molecule has 0 spiro atoms. The molecule has 7 nitrogen and oxygen atoms in total. The highest BCUT2D eigenvalue weighted by molar-refractivity contribution is 5.94. The van der Waals surface area contributed by atoms with Crippen LogP contribution in [0.15, 0.2) is 35.0 Å². The number of aromatic nitrogens is 3. The number of nitrogens with one attached hydrogen (secondary N) is 1. The van der Waals surface area contributed by atoms with E-state index >= 15 is 0 Å². The Labute approximate surface area is 190 Å². The first kappa shape index (κ1) is 22.4. The Morgan fingerprint density at radius 3 is 2.75 bits per heavy atom. The van der Waals surface area contributed by atoms with Crippen molar-refractivity contribution in [2.75, 3.05) is 6.54 Å². The second-order valence-electron chi connectivity index (χ2n) is 8.97. The Kier molecular flexibility index (Phi) is 7.45. The fourth-order valence-electron chi connectivity index (χ4n) is 4.86. The minimum Gasteiger partial charge on any atom is -0.370 e. The van der Waals surface area contributed by atoms with E-state index in [0.29, 0.717) is 18.1 Å². The van der Waals surface area contributed by atoms with Crippen LogP contribution in [0.2, 0.25) is 0 Å². The van der Waals surface area contributed by atoms with E-state index in [0.717, 1.165) is 36.9 Å². The van der Waals surface area contributed by atoms with Crippen LogP contribution in [0, 0.1) is 5.41 Å². The molecule has 0 bridgehead atoms. The number of unbranched alkanes of at least 4 members (excludes halogenated alkanes) is 6. The van der Waals surface area contributed by atoms with Crippen molar-refractivity contribution in [2.45, 2.75) is 83.7 Å². The molecule has 172 valence electrons. The Balaban J connectivity index is 1.44. The summed E-state index contributed by atoms with van der Waals surface area (Å²) >= 11 is 0. The van der Waals surface area contributed by atoms with Crippen molar-refractivity contribution >= 4 is 16.9 Å². The van der Waals surface area contributed by atoms with Crippen LogP contribution in [0.3, 0.4) is 0 Å². The molecule has 3 N–H and O–H groups in total. The molecule has 7 heteroatoms. The third kappa shape index (κ3) is 5.14. The zero-order valence-electron chi connectivity index (χ0n) is 19.2. The van der Waals surface area contributed by atoms with Gasteiger partial charge >= 0.3 is 0 Å². The molecule has 3 heterocycles. The van der Waals surface area contributed by atoms with Crippen molar-refractivity contribution in [2.24, 2.45) is 5.73 Å². The minimum absolute atomic E-state index is 0.126. The van der Waals surface area contributed by atoms with E-state index in [1.165, 1.54) is 50.5 Å². The summed E-state index contributed by atoms with van der Waals surface area (Å²) in [5.74, 6) is 1.38. The number of benzene rings is 1. The molecule has 0 radical (unpaired) electrons. The lowest BCUT2D eigenvalue weighted by Gasteiger charge is -2.23. The Bertz CT molecular complexity index is 1020. The van der Waals surface area contributed by atoms with E-state index in [2.05, 4.69) is 47.1 Å². The zero-order valence-corrected chi connectivity index (χ0v) is 19.2. The van der Waals surface area contributed by atoms with Crippen LogP contribution in [-0.2, 0) is 13.0 Å². The monoisotopic (exact) mass is 436 g/mol. The van der Waals surface area contributed by atoms with Crippen LogP contribution in [0.25, 0.3) is 22.3 Å². The SMILES string of the molecule is CCCCCCCCCn1cc(-c2noc(C[C@@H]3CCCN3C(=N)N)n2)c2ccccc21. The van der Waals surface area contributed by atoms with Crippen LogP contribution in [0.4, 0.5) is 0 Å². The van der Waals surface area contributed by atoms with Crippen molar-refractivity contribution in [3.05, 3.63) is 36.4 Å². The molecule has 1 aliphatic rings. The van der Waals surface area contributed by atoms with Crippen molar-refractivity contribution in [1.82, 2.24) is 19.6 Å². The van der Waals surface area contributed by atoms with E-state index in [1.807, 2.05) is 4.90 Å². The Hall–Kier alpha value is -2.83. The molecule has 1 saturated heterocycles. The van der Waals surface area contributed by atoms with Crippen LogP contribution < -0.4 is 5.73 Å². The molecule has 1 fully saturated rings. The molecule has 32 heavy (non-hydrogen) atoms. The van der Waals surface area contributed by atoms with E-state index in [1.54, 1.807) is 0 Å². The molecule has 3 aromatic rings. The average Bonchev–Trinajstić information content (AvgIpc) is 3.52. The van der Waals surface area contributed by atoms with Crippen LogP contribution in [-0.4, -0.2) is 38.2 Å². The predicted octanol–water partition coefficient (Wildman–Crippen LogP) is 5.34. The third-order valence-corrected chi connectivity index (χ3v) is 6.60. The van der Waals surface area contributed by atoms with Gasteiger partial charge in [0.05, 0.1) is 0 Å². The summed E-state index contributed by atoms with van der Waals surface area (Å²) in [6, 6.07) is 8.62. The number of guanidine groups is 1. The van der Waals surface area contributed by atoms with Gasteiger partial charge in [0, 0.05) is 48.2 Å². The molecule has 0 saturated carbocycles. The van der Waals surface area contributed by atoms with E-state index < -0.39 is 0 Å². The maximum absolute atomic E-state index is 7.77. The van der Waals surface area contributed by atoms with Crippen molar-refractivity contribution in [3.8, 4) is 11.4 Å². The topological polar surface area (TPSA) is 97.0 Å². The number of para-hydroxylation sites is 1. The van der Waals surface area contributed by atoms with Gasteiger partial charge in [0.1, 0.15) is 0 Å². The van der Waals surface area contributed by atoms with Gasteiger partial charge in [-0.25, -0.2) is 0 Å². The molecule has 1 aliphatic heterocycles. The lowest BCUT2D eigenvalue weighted by Crippen LogP contribution is -2.41. The zero-order chi connectivity index (χ0) is 22.3. The Morgan fingerprint density at radius 1 is 1.16 bits per heavy atom. The lowest BCUT2D eigenvalue weighted by atomic mass is 10.1. The van der Waals surface area contributed by atoms with E-state index in [9.17, 15) is 0 Å². The van der Waals surface area contributed by atoms with Crippen LogP contribution in [0.5, 0.6) is 0 Å². The van der Waals surface area contributed by atoms with Crippen molar-refractivity contribution in [3.63, 3.8) is 0 Å². The summed E-state index contributed by atoms with van der Waals surface area (Å²) in [4.78, 5) is 6.64. The number of hydrogen-bond donors (Lipinski definition) is 2. The van der Waals surface area contributed by atoms with Gasteiger partial charge in [-0.1, -0.05) is 68.8 Å². The number of fused-ring (bicyclic) bond motifs is 1. The van der Waals surface area contributed by atoms with Crippen LogP contribution in [0.1, 0.15) is 70.6 Å². The van der Waals surface area contributed by atoms with Gasteiger partial charge in [-0.05, 0) is 25.3 Å². The predicted molar refractivity (Wildman–Crippen MR) is 129 cm³/mol. The summed E-state index contributed by atoms with van der Waals surface area (Å²) in [5.41, 5.74) is 7.97. The number of nitrogens with zero attached hydrogens (tertiary/aromatic N) is 4. The van der Waals surface area contributed by atoms with E-state index in [4.69, 9.17) is 20.7 Å². The first-order chi connectivity index (χ1) is 15.7. The lowest BCUT2D eigenvalue weighted by molar-refractivity contribution is 0.320. The van der Waals surface area contributed by atoms with Crippen molar-refractivity contribution in [1.29, 1.82) is 5.41 Å². The fourth-order valence-corrected chi connectivity index (χ4v) is 4.86. The number of hydrogen-bond acceptors (Lipinski definition) is 4. The number of nitrogens with two attached hydrogens (primary N) is 1. The smallest absolute Gasteiger partial charge is 0.229 e. The summed E-state index contributed by atoms with van der Waals surface area (Å²) in [6.45, 7) is 4.10. The largest absolute Gasteiger partial charge is 0.370 e. The highest BCUT2D eigenvalue weighted by Gasteiger charge is 2.28. The van der Waals surface area contributed by atoms with Gasteiger partial charge < -0.3 is 19.7 Å². The van der Waals surface area contributed by atoms with Gasteiger partial charge in [0.15, 0.2) is 5.96 Å². The van der Waals surface area contributed by atoms with Gasteiger partial charge in [-0.15, -0.1) is 0 Å². The molecule has 0 aliphatic carbocycles.